The minimum atomic E-state index is -1.04. The molecule has 0 heterocycles. The maximum Gasteiger partial charge on any atom is 0.324 e. The molecular weight excluding hydrogens is 306 g/mol. The zero-order valence-electron chi connectivity index (χ0n) is 14.0. The number of carboxylic acids is 1. The molecule has 0 radical (unpaired) electrons. The van der Waals surface area contributed by atoms with Crippen LogP contribution in [-0.2, 0) is 20.9 Å². The van der Waals surface area contributed by atoms with E-state index in [0.717, 1.165) is 16.3 Å². The summed E-state index contributed by atoms with van der Waals surface area (Å²) in [6.45, 7) is 4.10. The van der Waals surface area contributed by atoms with Gasteiger partial charge in [0.2, 0.25) is 0 Å². The number of hydrogen-bond acceptors (Lipinski definition) is 4. The van der Waals surface area contributed by atoms with Crippen LogP contribution in [0.25, 0.3) is 10.8 Å². The number of rotatable bonds is 8. The van der Waals surface area contributed by atoms with E-state index in [1.807, 2.05) is 49.4 Å². The van der Waals surface area contributed by atoms with Gasteiger partial charge >= 0.3 is 11.9 Å². The second-order valence-electron chi connectivity index (χ2n) is 5.83. The zero-order valence-corrected chi connectivity index (χ0v) is 14.0. The Morgan fingerprint density at radius 1 is 1.17 bits per heavy atom. The number of aliphatic carboxylic acids is 1. The molecule has 0 spiro atoms. The predicted molar refractivity (Wildman–Crippen MR) is 92.7 cm³/mol. The second-order valence-corrected chi connectivity index (χ2v) is 5.83. The number of esters is 1. The Morgan fingerprint density at radius 2 is 1.88 bits per heavy atom. The Labute approximate surface area is 141 Å². The first kappa shape index (κ1) is 17.9. The standard InChI is InChI=1S/C19H23NO4/c1-3-13(2)24-19(23)17(11-18(21)22)20-12-15-9-6-8-14-7-4-5-10-16(14)15/h4-10,13,17,20H,3,11-12H2,1-2H3,(H,21,22). The van der Waals surface area contributed by atoms with Gasteiger partial charge in [-0.1, -0.05) is 49.4 Å². The van der Waals surface area contributed by atoms with Crippen molar-refractivity contribution in [3.63, 3.8) is 0 Å². The number of carbonyl (C=O) groups is 2. The fourth-order valence-corrected chi connectivity index (χ4v) is 2.46. The highest BCUT2D eigenvalue weighted by Gasteiger charge is 2.24. The van der Waals surface area contributed by atoms with Gasteiger partial charge in [-0.05, 0) is 29.7 Å². The lowest BCUT2D eigenvalue weighted by molar-refractivity contribution is -0.154. The van der Waals surface area contributed by atoms with E-state index in [2.05, 4.69) is 5.32 Å². The van der Waals surface area contributed by atoms with E-state index in [0.29, 0.717) is 13.0 Å². The number of hydrogen-bond donors (Lipinski definition) is 2. The first-order chi connectivity index (χ1) is 11.5. The second kappa shape index (κ2) is 8.45. The molecule has 0 saturated heterocycles. The van der Waals surface area contributed by atoms with E-state index in [-0.39, 0.29) is 12.5 Å². The summed E-state index contributed by atoms with van der Waals surface area (Å²) in [5.41, 5.74) is 1.01. The molecule has 0 saturated carbocycles. The van der Waals surface area contributed by atoms with Crippen LogP contribution in [0.15, 0.2) is 42.5 Å². The Balaban J connectivity index is 2.11. The third-order valence-electron chi connectivity index (χ3n) is 3.97. The van der Waals surface area contributed by atoms with Crippen molar-refractivity contribution in [2.45, 2.75) is 45.4 Å². The molecule has 2 aromatic rings. The Kier molecular flexibility index (Phi) is 6.32. The zero-order chi connectivity index (χ0) is 17.5. The average molecular weight is 329 g/mol. The van der Waals surface area contributed by atoms with Gasteiger partial charge in [0.25, 0.3) is 0 Å². The van der Waals surface area contributed by atoms with E-state index in [1.54, 1.807) is 6.92 Å². The molecule has 2 atom stereocenters. The first-order valence-electron chi connectivity index (χ1n) is 8.13. The topological polar surface area (TPSA) is 75.6 Å². The van der Waals surface area contributed by atoms with Gasteiger partial charge in [-0.25, -0.2) is 0 Å². The van der Waals surface area contributed by atoms with Gasteiger partial charge in [-0.3, -0.25) is 14.9 Å². The molecule has 0 bridgehead atoms. The SMILES string of the molecule is CCC(C)OC(=O)C(CC(=O)O)NCc1cccc2ccccc12. The molecule has 0 aliphatic heterocycles. The fourth-order valence-electron chi connectivity index (χ4n) is 2.46. The number of carboxylic acid groups (broad SMARTS) is 1. The summed E-state index contributed by atoms with van der Waals surface area (Å²) in [6.07, 6.45) is 0.155. The highest BCUT2D eigenvalue weighted by Crippen LogP contribution is 2.18. The van der Waals surface area contributed by atoms with Crippen molar-refractivity contribution < 1.29 is 19.4 Å². The molecule has 0 aromatic heterocycles. The summed E-state index contributed by atoms with van der Waals surface area (Å²) in [6, 6.07) is 13.0. The summed E-state index contributed by atoms with van der Waals surface area (Å²) in [5, 5.41) is 14.3. The number of nitrogens with one attached hydrogen (secondary N) is 1. The van der Waals surface area contributed by atoms with E-state index in [1.165, 1.54) is 0 Å². The van der Waals surface area contributed by atoms with Crippen LogP contribution >= 0.6 is 0 Å². The van der Waals surface area contributed by atoms with Crippen molar-refractivity contribution in [3.8, 4) is 0 Å². The van der Waals surface area contributed by atoms with Crippen LogP contribution in [0.1, 0.15) is 32.3 Å². The van der Waals surface area contributed by atoms with Crippen LogP contribution in [0.5, 0.6) is 0 Å². The van der Waals surface area contributed by atoms with Crippen LogP contribution in [-0.4, -0.2) is 29.2 Å². The molecule has 24 heavy (non-hydrogen) atoms. The molecule has 0 fully saturated rings. The van der Waals surface area contributed by atoms with Crippen molar-refractivity contribution in [1.29, 1.82) is 0 Å². The maximum absolute atomic E-state index is 12.2. The quantitative estimate of drug-likeness (QED) is 0.728. The Bertz CT molecular complexity index is 708. The molecule has 2 N–H and O–H groups in total. The molecule has 2 aromatic carbocycles. The lowest BCUT2D eigenvalue weighted by Crippen LogP contribution is -2.40. The van der Waals surface area contributed by atoms with Crippen LogP contribution in [0.2, 0.25) is 0 Å². The lowest BCUT2D eigenvalue weighted by Gasteiger charge is -2.19. The van der Waals surface area contributed by atoms with Gasteiger partial charge in [0, 0.05) is 6.54 Å². The number of ether oxygens (including phenoxy) is 1. The van der Waals surface area contributed by atoms with Gasteiger partial charge < -0.3 is 9.84 Å². The third-order valence-corrected chi connectivity index (χ3v) is 3.97. The van der Waals surface area contributed by atoms with Gasteiger partial charge in [0.1, 0.15) is 6.04 Å². The molecule has 5 nitrogen and oxygen atoms in total. The summed E-state index contributed by atoms with van der Waals surface area (Å²) < 4.78 is 5.27. The molecule has 2 rings (SSSR count). The van der Waals surface area contributed by atoms with Gasteiger partial charge in [0.15, 0.2) is 0 Å². The van der Waals surface area contributed by atoms with Gasteiger partial charge in [-0.2, -0.15) is 0 Å². The molecule has 0 amide bonds. The molecule has 0 aliphatic carbocycles. The molecule has 2 unspecified atom stereocenters. The minimum Gasteiger partial charge on any atom is -0.481 e. The molecule has 128 valence electrons. The van der Waals surface area contributed by atoms with Crippen molar-refractivity contribution in [2.75, 3.05) is 0 Å². The normalized spacial score (nSPS) is 13.4. The van der Waals surface area contributed by atoms with Gasteiger partial charge in [0.05, 0.1) is 12.5 Å². The van der Waals surface area contributed by atoms with Crippen molar-refractivity contribution in [2.24, 2.45) is 0 Å². The summed E-state index contributed by atoms with van der Waals surface area (Å²) in [4.78, 5) is 23.2. The van der Waals surface area contributed by atoms with Crippen LogP contribution < -0.4 is 5.32 Å². The monoisotopic (exact) mass is 329 g/mol. The average Bonchev–Trinajstić information content (AvgIpc) is 2.58. The highest BCUT2D eigenvalue weighted by atomic mass is 16.5. The molecule has 0 aliphatic rings. The Hall–Kier alpha value is -2.40. The van der Waals surface area contributed by atoms with Crippen molar-refractivity contribution >= 4 is 22.7 Å². The predicted octanol–water partition coefficient (Wildman–Crippen LogP) is 3.11. The fraction of sp³-hybridized carbons (Fsp3) is 0.368. The minimum absolute atomic E-state index is 0.229. The smallest absolute Gasteiger partial charge is 0.324 e. The maximum atomic E-state index is 12.2. The molecule has 5 heteroatoms. The van der Waals surface area contributed by atoms with Gasteiger partial charge in [-0.15, -0.1) is 0 Å². The van der Waals surface area contributed by atoms with E-state index in [4.69, 9.17) is 9.84 Å². The van der Waals surface area contributed by atoms with Crippen LogP contribution in [0.3, 0.4) is 0 Å². The van der Waals surface area contributed by atoms with E-state index < -0.39 is 18.0 Å². The third kappa shape index (κ3) is 4.80. The number of carbonyl (C=O) groups excluding carboxylic acids is 1. The van der Waals surface area contributed by atoms with E-state index in [9.17, 15) is 9.59 Å². The van der Waals surface area contributed by atoms with Crippen molar-refractivity contribution in [3.05, 3.63) is 48.0 Å². The summed E-state index contributed by atoms with van der Waals surface area (Å²) in [7, 11) is 0. The summed E-state index contributed by atoms with van der Waals surface area (Å²) >= 11 is 0. The number of fused-ring (bicyclic) bond motifs is 1. The highest BCUT2D eigenvalue weighted by molar-refractivity contribution is 5.86. The van der Waals surface area contributed by atoms with Crippen LogP contribution in [0.4, 0.5) is 0 Å². The first-order valence-corrected chi connectivity index (χ1v) is 8.13. The van der Waals surface area contributed by atoms with E-state index >= 15 is 0 Å². The lowest BCUT2D eigenvalue weighted by atomic mass is 10.0. The van der Waals surface area contributed by atoms with Crippen molar-refractivity contribution in [1.82, 2.24) is 5.32 Å². The largest absolute Gasteiger partial charge is 0.481 e. The summed E-state index contributed by atoms with van der Waals surface area (Å²) in [5.74, 6) is -1.56. The van der Waals surface area contributed by atoms with Crippen LogP contribution in [0, 0.1) is 0 Å². The molecular formula is C19H23NO4. The Morgan fingerprint density at radius 3 is 2.58 bits per heavy atom. The number of benzene rings is 2.